The van der Waals surface area contributed by atoms with Gasteiger partial charge in [-0.1, -0.05) is 22.0 Å². The van der Waals surface area contributed by atoms with Crippen LogP contribution in [0.15, 0.2) is 62.8 Å². The molecule has 0 bridgehead atoms. The van der Waals surface area contributed by atoms with Crippen molar-refractivity contribution in [3.05, 3.63) is 85.7 Å². The van der Waals surface area contributed by atoms with E-state index in [1.54, 1.807) is 0 Å². The maximum Gasteiger partial charge on any atom is 0.255 e. The van der Waals surface area contributed by atoms with Crippen molar-refractivity contribution >= 4 is 31.7 Å². The predicted molar refractivity (Wildman–Crippen MR) is 134 cm³/mol. The Labute approximate surface area is 215 Å². The van der Waals surface area contributed by atoms with Gasteiger partial charge >= 0.3 is 0 Å². The highest BCUT2D eigenvalue weighted by Gasteiger charge is 2.40. The second kappa shape index (κ2) is 9.79. The Kier molecular flexibility index (Phi) is 6.93. The average molecular weight is 572 g/mol. The Morgan fingerprint density at radius 2 is 1.92 bits per heavy atom. The van der Waals surface area contributed by atoms with E-state index in [2.05, 4.69) is 32.3 Å². The summed E-state index contributed by atoms with van der Waals surface area (Å²) in [4.78, 5) is 26.5. The van der Waals surface area contributed by atoms with Crippen LogP contribution in [-0.2, 0) is 27.5 Å². The lowest BCUT2D eigenvalue weighted by molar-refractivity contribution is 0.0947. The second-order valence-corrected chi connectivity index (χ2v) is 11.6. The van der Waals surface area contributed by atoms with E-state index in [-0.39, 0.29) is 28.1 Å². The van der Waals surface area contributed by atoms with E-state index in [1.807, 2.05) is 0 Å². The molecule has 0 saturated heterocycles. The smallest absolute Gasteiger partial charge is 0.255 e. The van der Waals surface area contributed by atoms with Gasteiger partial charge in [0.25, 0.3) is 5.91 Å². The van der Waals surface area contributed by atoms with Crippen LogP contribution in [0.2, 0.25) is 0 Å². The summed E-state index contributed by atoms with van der Waals surface area (Å²) < 4.78 is 26.8. The van der Waals surface area contributed by atoms with Gasteiger partial charge in [0.05, 0.1) is 22.8 Å². The topological polar surface area (TPSA) is 160 Å². The second-order valence-electron chi connectivity index (χ2n) is 8.69. The summed E-state index contributed by atoms with van der Waals surface area (Å²) in [6.45, 7) is 0.0439. The minimum absolute atomic E-state index is 0.0439. The molecule has 36 heavy (non-hydrogen) atoms. The van der Waals surface area contributed by atoms with Crippen molar-refractivity contribution in [2.24, 2.45) is 0 Å². The van der Waals surface area contributed by atoms with Crippen molar-refractivity contribution in [2.75, 3.05) is 0 Å². The number of phenolic OH excluding ortho intramolecular Hbond substituents is 2. The molecule has 0 radical (unpaired) electrons. The number of aromatic nitrogens is 1. The van der Waals surface area contributed by atoms with Gasteiger partial charge in [-0.3, -0.25) is 9.59 Å². The van der Waals surface area contributed by atoms with Crippen molar-refractivity contribution < 1.29 is 23.4 Å². The molecule has 1 amide bonds. The fourth-order valence-corrected chi connectivity index (χ4v) is 6.09. The van der Waals surface area contributed by atoms with Gasteiger partial charge < -0.3 is 20.5 Å². The maximum atomic E-state index is 13.2. The summed E-state index contributed by atoms with van der Waals surface area (Å²) in [6.07, 6.45) is 3.35. The number of benzene rings is 2. The summed E-state index contributed by atoms with van der Waals surface area (Å²) in [5, 5.41) is 33.6. The van der Waals surface area contributed by atoms with E-state index in [4.69, 9.17) is 0 Å². The minimum atomic E-state index is -4.14. The zero-order chi connectivity index (χ0) is 26.1. The molecule has 11 heteroatoms. The number of amides is 1. The number of aromatic hydroxyl groups is 2. The van der Waals surface area contributed by atoms with Gasteiger partial charge in [-0.25, -0.2) is 8.42 Å². The fourth-order valence-electron chi connectivity index (χ4n) is 4.10. The molecule has 0 aliphatic heterocycles. The monoisotopic (exact) mass is 571 g/mol. The molecule has 0 atom stereocenters. The first-order valence-electron chi connectivity index (χ1n) is 11.0. The van der Waals surface area contributed by atoms with Crippen LogP contribution in [0, 0.1) is 11.3 Å². The molecule has 1 heterocycles. The minimum Gasteiger partial charge on any atom is -0.507 e. The first kappa shape index (κ1) is 25.5. The predicted octanol–water partition coefficient (Wildman–Crippen LogP) is 3.40. The zero-order valence-electron chi connectivity index (χ0n) is 18.9. The lowest BCUT2D eigenvalue weighted by Gasteiger charge is -2.36. The molecule has 4 N–H and O–H groups in total. The molecule has 1 aliphatic carbocycles. The summed E-state index contributed by atoms with van der Waals surface area (Å²) in [5.41, 5.74) is -0.325. The SMILES string of the molecule is N#CC1(c2cc(CS(=O)(=O)c3cc(Br)ccc3O)c(O)c(C(=O)NCc3ccc(=O)[nH]c3)c2)CCC1. The number of aromatic amines is 1. The number of carbonyl (C=O) groups is 1. The van der Waals surface area contributed by atoms with E-state index in [0.29, 0.717) is 28.4 Å². The highest BCUT2D eigenvalue weighted by molar-refractivity contribution is 9.10. The van der Waals surface area contributed by atoms with Crippen LogP contribution in [0.5, 0.6) is 11.5 Å². The Hall–Kier alpha value is -3.62. The van der Waals surface area contributed by atoms with Crippen LogP contribution in [-0.4, -0.2) is 29.5 Å². The van der Waals surface area contributed by atoms with Crippen molar-refractivity contribution in [3.63, 3.8) is 0 Å². The number of hydrogen-bond donors (Lipinski definition) is 4. The number of nitriles is 1. The first-order chi connectivity index (χ1) is 17.0. The van der Waals surface area contributed by atoms with Crippen LogP contribution >= 0.6 is 15.9 Å². The molecule has 0 unspecified atom stereocenters. The standard InChI is InChI=1S/C25H22BrN3O6S/c26-18-3-4-20(30)21(10-18)36(34,35)13-16-8-17(25(14-27)6-1-7-25)9-19(23(16)32)24(33)29-12-15-2-5-22(31)28-11-15/h2-5,8-11,30,32H,1,6-7,12-13H2,(H,28,31)(H,29,33). The average Bonchev–Trinajstić information content (AvgIpc) is 2.81. The van der Waals surface area contributed by atoms with Gasteiger partial charge in [0.1, 0.15) is 16.4 Å². The molecule has 4 rings (SSSR count). The Morgan fingerprint density at radius 1 is 1.17 bits per heavy atom. The van der Waals surface area contributed by atoms with Crippen molar-refractivity contribution in [3.8, 4) is 17.6 Å². The molecular weight excluding hydrogens is 550 g/mol. The molecule has 1 aromatic heterocycles. The van der Waals surface area contributed by atoms with E-state index >= 15 is 0 Å². The maximum absolute atomic E-state index is 13.2. The molecule has 186 valence electrons. The lowest BCUT2D eigenvalue weighted by atomic mass is 9.65. The summed E-state index contributed by atoms with van der Waals surface area (Å²) in [6, 6.07) is 12.0. The number of H-pyrrole nitrogens is 1. The Bertz CT molecular complexity index is 1530. The number of hydrogen-bond acceptors (Lipinski definition) is 7. The van der Waals surface area contributed by atoms with Crippen LogP contribution in [0.1, 0.15) is 46.3 Å². The number of nitrogens with one attached hydrogen (secondary N) is 2. The van der Waals surface area contributed by atoms with Gasteiger partial charge in [0, 0.05) is 28.8 Å². The largest absolute Gasteiger partial charge is 0.507 e. The third-order valence-electron chi connectivity index (χ3n) is 6.31. The molecular formula is C25H22BrN3O6S. The van der Waals surface area contributed by atoms with E-state index < -0.39 is 38.4 Å². The van der Waals surface area contributed by atoms with Crippen molar-refractivity contribution in [2.45, 2.75) is 41.9 Å². The number of carbonyl (C=O) groups excluding carboxylic acids is 1. The molecule has 9 nitrogen and oxygen atoms in total. The molecule has 0 spiro atoms. The molecule has 3 aromatic rings. The Morgan fingerprint density at radius 3 is 2.53 bits per heavy atom. The van der Waals surface area contributed by atoms with E-state index in [9.17, 15) is 33.5 Å². The zero-order valence-corrected chi connectivity index (χ0v) is 21.3. The molecule has 2 aromatic carbocycles. The van der Waals surface area contributed by atoms with E-state index in [1.165, 1.54) is 48.7 Å². The summed E-state index contributed by atoms with van der Waals surface area (Å²) in [7, 11) is -4.14. The number of nitrogens with zero attached hydrogens (tertiary/aromatic N) is 1. The molecule has 1 saturated carbocycles. The summed E-state index contributed by atoms with van der Waals surface area (Å²) in [5.74, 6) is -2.33. The van der Waals surface area contributed by atoms with Crippen LogP contribution in [0.4, 0.5) is 0 Å². The normalized spacial score (nSPS) is 14.4. The van der Waals surface area contributed by atoms with Crippen molar-refractivity contribution in [1.29, 1.82) is 5.26 Å². The highest BCUT2D eigenvalue weighted by atomic mass is 79.9. The van der Waals surface area contributed by atoms with E-state index in [0.717, 1.165) is 6.42 Å². The highest BCUT2D eigenvalue weighted by Crippen LogP contribution is 2.45. The first-order valence-corrected chi connectivity index (χ1v) is 13.4. The lowest BCUT2D eigenvalue weighted by Crippen LogP contribution is -2.33. The molecule has 1 fully saturated rings. The van der Waals surface area contributed by atoms with Crippen LogP contribution in [0.3, 0.4) is 0 Å². The third-order valence-corrected chi connectivity index (χ3v) is 8.49. The van der Waals surface area contributed by atoms with Crippen LogP contribution < -0.4 is 10.9 Å². The number of pyridine rings is 1. The number of rotatable bonds is 7. The van der Waals surface area contributed by atoms with Crippen molar-refractivity contribution in [1.82, 2.24) is 10.3 Å². The van der Waals surface area contributed by atoms with Gasteiger partial charge in [0.2, 0.25) is 5.56 Å². The quantitative estimate of drug-likeness (QED) is 0.338. The number of sulfone groups is 1. The third kappa shape index (κ3) is 5.01. The van der Waals surface area contributed by atoms with Crippen LogP contribution in [0.25, 0.3) is 0 Å². The Balaban J connectivity index is 1.73. The fraction of sp³-hybridized carbons (Fsp3) is 0.240. The van der Waals surface area contributed by atoms with Gasteiger partial charge in [-0.15, -0.1) is 0 Å². The number of halogens is 1. The molecule has 1 aliphatic rings. The van der Waals surface area contributed by atoms with Gasteiger partial charge in [-0.05, 0) is 60.7 Å². The number of phenols is 2. The summed E-state index contributed by atoms with van der Waals surface area (Å²) >= 11 is 3.19. The van der Waals surface area contributed by atoms with Gasteiger partial charge in [-0.2, -0.15) is 5.26 Å². The van der Waals surface area contributed by atoms with Gasteiger partial charge in [0.15, 0.2) is 9.84 Å².